The van der Waals surface area contributed by atoms with E-state index in [2.05, 4.69) is 17.5 Å². The highest BCUT2D eigenvalue weighted by Gasteiger charge is 2.52. The Morgan fingerprint density at radius 1 is 1.03 bits per heavy atom. The van der Waals surface area contributed by atoms with Crippen molar-refractivity contribution in [2.45, 2.75) is 43.9 Å². The van der Waals surface area contributed by atoms with Gasteiger partial charge in [0.05, 0.1) is 0 Å². The smallest absolute Gasteiger partial charge is 0.328 e. The first-order chi connectivity index (χ1) is 15.0. The summed E-state index contributed by atoms with van der Waals surface area (Å²) in [6.45, 7) is 0. The van der Waals surface area contributed by atoms with E-state index in [1.165, 1.54) is 55.6 Å². The van der Waals surface area contributed by atoms with Crippen LogP contribution in [0.4, 0.5) is 0 Å². The van der Waals surface area contributed by atoms with E-state index in [9.17, 15) is 9.90 Å². The molecule has 0 saturated heterocycles. The zero-order valence-corrected chi connectivity index (χ0v) is 18.2. The fourth-order valence-electron chi connectivity index (χ4n) is 7.13. The predicted octanol–water partition coefficient (Wildman–Crippen LogP) is 6.84. The molecule has 2 aromatic carbocycles. The number of thiophene rings is 1. The van der Waals surface area contributed by atoms with Crippen LogP contribution < -0.4 is 0 Å². The average Bonchev–Trinajstić information content (AvgIpc) is 3.13. The van der Waals surface area contributed by atoms with Gasteiger partial charge in [0.25, 0.3) is 0 Å². The Bertz CT molecular complexity index is 1180. The zero-order valence-electron chi connectivity index (χ0n) is 17.4. The molecule has 0 radical (unpaired) electrons. The molecule has 0 atom stereocenters. The van der Waals surface area contributed by atoms with E-state index in [1.807, 2.05) is 24.3 Å². The number of aliphatic carboxylic acids is 1. The van der Waals surface area contributed by atoms with Crippen LogP contribution in [0.1, 0.15) is 49.7 Å². The molecule has 4 bridgehead atoms. The van der Waals surface area contributed by atoms with Crippen molar-refractivity contribution in [2.24, 2.45) is 17.8 Å². The summed E-state index contributed by atoms with van der Waals surface area (Å²) in [6.07, 6.45) is 10.7. The van der Waals surface area contributed by atoms with Gasteiger partial charge in [-0.3, -0.25) is 0 Å². The van der Waals surface area contributed by atoms with Gasteiger partial charge >= 0.3 is 5.97 Å². The molecule has 4 aliphatic rings. The number of carboxylic acid groups (broad SMARTS) is 1. The van der Waals surface area contributed by atoms with Gasteiger partial charge in [-0.1, -0.05) is 18.2 Å². The number of hydrogen-bond donors (Lipinski definition) is 2. The Kier molecular flexibility index (Phi) is 4.29. The second-order valence-electron chi connectivity index (χ2n) is 10.0. The molecule has 0 aliphatic heterocycles. The third-order valence-electron chi connectivity index (χ3n) is 7.92. The van der Waals surface area contributed by atoms with Gasteiger partial charge < -0.3 is 10.2 Å². The molecule has 0 unspecified atom stereocenters. The van der Waals surface area contributed by atoms with E-state index in [0.717, 1.165) is 39.1 Å². The van der Waals surface area contributed by atoms with E-state index in [4.69, 9.17) is 5.11 Å². The highest BCUT2D eigenvalue weighted by Crippen LogP contribution is 2.62. The summed E-state index contributed by atoms with van der Waals surface area (Å²) in [5.41, 5.74) is 4.44. The summed E-state index contributed by atoms with van der Waals surface area (Å²) in [5.74, 6) is 2.03. The molecule has 31 heavy (non-hydrogen) atoms. The number of rotatable bonds is 4. The molecule has 3 nitrogen and oxygen atoms in total. The highest BCUT2D eigenvalue weighted by molar-refractivity contribution is 7.17. The lowest BCUT2D eigenvalue weighted by Crippen LogP contribution is -2.48. The second-order valence-corrected chi connectivity index (χ2v) is 10.9. The molecular formula is C27H26O3S. The fraction of sp³-hybridized carbons (Fsp3) is 0.370. The van der Waals surface area contributed by atoms with Gasteiger partial charge in [-0.05, 0) is 102 Å². The number of phenolic OH excluding ortho intramolecular Hbond substituents is 1. The third kappa shape index (κ3) is 3.20. The van der Waals surface area contributed by atoms with Crippen molar-refractivity contribution in [1.82, 2.24) is 0 Å². The lowest BCUT2D eigenvalue weighted by atomic mass is 9.48. The Labute approximate surface area is 186 Å². The number of aromatic hydroxyl groups is 1. The largest absolute Gasteiger partial charge is 0.508 e. The molecule has 1 aromatic heterocycles. The standard InChI is InChI=1S/C27H26O3S/c28-24-11-25-21(10-23(24)27-12-17-6-18(13-27)8-19(7-17)14-27)22(15-31-25)20-3-1-2-16(9-20)4-5-26(29)30/h1-5,9-11,15,17-19,28H,6-8,12-14H2,(H,29,30)/b5-4+. The van der Waals surface area contributed by atoms with Crippen molar-refractivity contribution in [3.8, 4) is 16.9 Å². The van der Waals surface area contributed by atoms with Crippen LogP contribution in [0.15, 0.2) is 47.9 Å². The van der Waals surface area contributed by atoms with Gasteiger partial charge in [0.15, 0.2) is 0 Å². The minimum absolute atomic E-state index is 0.151. The van der Waals surface area contributed by atoms with Gasteiger partial charge in [0.2, 0.25) is 0 Å². The van der Waals surface area contributed by atoms with Gasteiger partial charge in [-0.15, -0.1) is 11.3 Å². The topological polar surface area (TPSA) is 57.5 Å². The molecule has 4 heteroatoms. The van der Waals surface area contributed by atoms with E-state index < -0.39 is 5.97 Å². The highest BCUT2D eigenvalue weighted by atomic mass is 32.1. The summed E-state index contributed by atoms with van der Waals surface area (Å²) in [5, 5.41) is 23.4. The Morgan fingerprint density at radius 2 is 1.74 bits per heavy atom. The Hall–Kier alpha value is -2.59. The number of carbonyl (C=O) groups is 1. The Balaban J connectivity index is 1.45. The molecule has 4 fully saturated rings. The first-order valence-electron chi connectivity index (χ1n) is 11.3. The maximum absolute atomic E-state index is 11.1. The van der Waals surface area contributed by atoms with Gasteiger partial charge in [-0.25, -0.2) is 4.79 Å². The summed E-state index contributed by atoms with van der Waals surface area (Å²) in [4.78, 5) is 10.9. The summed E-state index contributed by atoms with van der Waals surface area (Å²) >= 11 is 1.66. The maximum Gasteiger partial charge on any atom is 0.328 e. The number of phenols is 1. The normalized spacial score (nSPS) is 29.2. The van der Waals surface area contributed by atoms with Crippen LogP contribution in [0.3, 0.4) is 0 Å². The molecule has 0 amide bonds. The van der Waals surface area contributed by atoms with Gasteiger partial charge in [0, 0.05) is 27.3 Å². The minimum atomic E-state index is -0.943. The molecule has 0 spiro atoms. The van der Waals surface area contributed by atoms with Crippen molar-refractivity contribution in [3.05, 3.63) is 59.0 Å². The van der Waals surface area contributed by atoms with E-state index >= 15 is 0 Å². The van der Waals surface area contributed by atoms with Crippen LogP contribution in [0.2, 0.25) is 0 Å². The SMILES string of the molecule is O=C(O)/C=C/c1cccc(-c2csc3cc(O)c(C45CC6CC(CC(C6)C4)C5)cc23)c1. The van der Waals surface area contributed by atoms with Crippen molar-refractivity contribution < 1.29 is 15.0 Å². The number of fused-ring (bicyclic) bond motifs is 1. The summed E-state index contributed by atoms with van der Waals surface area (Å²) in [6, 6.07) is 12.3. The van der Waals surface area contributed by atoms with E-state index in [1.54, 1.807) is 17.4 Å². The summed E-state index contributed by atoms with van der Waals surface area (Å²) < 4.78 is 1.10. The Morgan fingerprint density at radius 3 is 2.42 bits per heavy atom. The lowest BCUT2D eigenvalue weighted by Gasteiger charge is -2.57. The molecule has 1 heterocycles. The molecule has 4 saturated carbocycles. The van der Waals surface area contributed by atoms with Gasteiger partial charge in [-0.2, -0.15) is 0 Å². The zero-order chi connectivity index (χ0) is 21.2. The molecular weight excluding hydrogens is 404 g/mol. The van der Waals surface area contributed by atoms with Crippen molar-refractivity contribution in [3.63, 3.8) is 0 Å². The van der Waals surface area contributed by atoms with Crippen molar-refractivity contribution in [2.75, 3.05) is 0 Å². The van der Waals surface area contributed by atoms with Crippen molar-refractivity contribution >= 4 is 33.5 Å². The maximum atomic E-state index is 11.1. The average molecular weight is 431 g/mol. The summed E-state index contributed by atoms with van der Waals surface area (Å²) in [7, 11) is 0. The van der Waals surface area contributed by atoms with Crippen molar-refractivity contribution in [1.29, 1.82) is 0 Å². The van der Waals surface area contributed by atoms with Gasteiger partial charge in [0.1, 0.15) is 5.75 Å². The lowest BCUT2D eigenvalue weighted by molar-refractivity contribution is -0.131. The van der Waals surface area contributed by atoms with Crippen LogP contribution in [0.25, 0.3) is 27.3 Å². The van der Waals surface area contributed by atoms with Crippen LogP contribution in [-0.4, -0.2) is 16.2 Å². The number of carboxylic acids is 1. The van der Waals surface area contributed by atoms with Crippen LogP contribution >= 0.6 is 11.3 Å². The number of hydrogen-bond acceptors (Lipinski definition) is 3. The minimum Gasteiger partial charge on any atom is -0.508 e. The fourth-order valence-corrected chi connectivity index (χ4v) is 8.11. The molecule has 4 aliphatic carbocycles. The first-order valence-corrected chi connectivity index (χ1v) is 12.1. The molecule has 3 aromatic rings. The molecule has 2 N–H and O–H groups in total. The van der Waals surface area contributed by atoms with Crippen LogP contribution in [-0.2, 0) is 10.2 Å². The molecule has 158 valence electrons. The van der Waals surface area contributed by atoms with Crippen LogP contribution in [0, 0.1) is 17.8 Å². The number of benzene rings is 2. The molecule has 7 rings (SSSR count). The third-order valence-corrected chi connectivity index (χ3v) is 8.86. The quantitative estimate of drug-likeness (QED) is 0.446. The monoisotopic (exact) mass is 430 g/mol. The second kappa shape index (κ2) is 6.96. The van der Waals surface area contributed by atoms with E-state index in [0.29, 0.717) is 5.75 Å². The van der Waals surface area contributed by atoms with Crippen LogP contribution in [0.5, 0.6) is 5.75 Å². The predicted molar refractivity (Wildman–Crippen MR) is 125 cm³/mol. The first kappa shape index (κ1) is 19.1. The van der Waals surface area contributed by atoms with E-state index in [-0.39, 0.29) is 5.41 Å².